The van der Waals surface area contributed by atoms with E-state index in [1.807, 2.05) is 18.3 Å². The smallest absolute Gasteiger partial charge is 0.0951 e. The maximum absolute atomic E-state index is 6.07. The Balaban J connectivity index is 1.92. The molecular weight excluding hydrogens is 258 g/mol. The number of benzene rings is 1. The van der Waals surface area contributed by atoms with Gasteiger partial charge < -0.3 is 10.6 Å². The van der Waals surface area contributed by atoms with Gasteiger partial charge in [-0.2, -0.15) is 0 Å². The van der Waals surface area contributed by atoms with Gasteiger partial charge in [-0.15, -0.1) is 0 Å². The molecule has 21 heavy (non-hydrogen) atoms. The topological polar surface area (TPSA) is 42.2 Å². The molecule has 1 fully saturated rings. The van der Waals surface area contributed by atoms with Crippen molar-refractivity contribution < 1.29 is 0 Å². The molecule has 3 rings (SSSR count). The third-order valence-electron chi connectivity index (χ3n) is 4.84. The SMILES string of the molecule is CC(C)C1CCCN(c2ccnc3c(N)cccc23)CC1. The van der Waals surface area contributed by atoms with Gasteiger partial charge >= 0.3 is 0 Å². The Morgan fingerprint density at radius 2 is 2.05 bits per heavy atom. The molecule has 0 amide bonds. The van der Waals surface area contributed by atoms with Gasteiger partial charge in [0.15, 0.2) is 0 Å². The summed E-state index contributed by atoms with van der Waals surface area (Å²) in [6, 6.07) is 8.23. The molecule has 3 nitrogen and oxygen atoms in total. The van der Waals surface area contributed by atoms with Gasteiger partial charge in [-0.25, -0.2) is 0 Å². The first-order chi connectivity index (χ1) is 10.2. The van der Waals surface area contributed by atoms with Crippen molar-refractivity contribution in [2.45, 2.75) is 33.1 Å². The van der Waals surface area contributed by atoms with Crippen LogP contribution in [0, 0.1) is 11.8 Å². The van der Waals surface area contributed by atoms with Crippen LogP contribution in [0.2, 0.25) is 0 Å². The Hall–Kier alpha value is -1.77. The van der Waals surface area contributed by atoms with Gasteiger partial charge in [-0.05, 0) is 43.2 Å². The Labute approximate surface area is 127 Å². The van der Waals surface area contributed by atoms with Crippen LogP contribution in [0.5, 0.6) is 0 Å². The maximum atomic E-state index is 6.07. The fraction of sp³-hybridized carbons (Fsp3) is 0.500. The molecule has 1 aromatic carbocycles. The van der Waals surface area contributed by atoms with Crippen molar-refractivity contribution in [1.82, 2.24) is 4.98 Å². The minimum atomic E-state index is 0.768. The summed E-state index contributed by atoms with van der Waals surface area (Å²) in [5, 5.41) is 1.18. The molecule has 1 aliphatic heterocycles. The van der Waals surface area contributed by atoms with Crippen molar-refractivity contribution in [2.75, 3.05) is 23.7 Å². The fourth-order valence-corrected chi connectivity index (χ4v) is 3.49. The molecule has 3 heteroatoms. The monoisotopic (exact) mass is 283 g/mol. The van der Waals surface area contributed by atoms with E-state index in [0.717, 1.165) is 36.1 Å². The van der Waals surface area contributed by atoms with Crippen molar-refractivity contribution in [2.24, 2.45) is 11.8 Å². The Morgan fingerprint density at radius 3 is 2.86 bits per heavy atom. The number of hydrogen-bond donors (Lipinski definition) is 1. The van der Waals surface area contributed by atoms with Crippen molar-refractivity contribution in [3.05, 3.63) is 30.5 Å². The molecule has 1 aromatic heterocycles. The first-order valence-corrected chi connectivity index (χ1v) is 8.05. The highest BCUT2D eigenvalue weighted by Gasteiger charge is 2.20. The standard InChI is InChI=1S/C18H25N3/c1-13(2)14-5-4-11-21(12-9-14)17-8-10-20-18-15(17)6-3-7-16(18)19/h3,6-8,10,13-14H,4-5,9,11-12,19H2,1-2H3. The number of nitrogens with zero attached hydrogens (tertiary/aromatic N) is 2. The molecule has 2 aromatic rings. The van der Waals surface area contributed by atoms with E-state index in [0.29, 0.717) is 0 Å². The van der Waals surface area contributed by atoms with Crippen LogP contribution in [0.4, 0.5) is 11.4 Å². The summed E-state index contributed by atoms with van der Waals surface area (Å²) in [7, 11) is 0. The van der Waals surface area contributed by atoms with Gasteiger partial charge in [0, 0.05) is 30.4 Å². The molecule has 0 saturated carbocycles. The van der Waals surface area contributed by atoms with Gasteiger partial charge in [0.2, 0.25) is 0 Å². The minimum Gasteiger partial charge on any atom is -0.397 e. The number of rotatable bonds is 2. The summed E-state index contributed by atoms with van der Waals surface area (Å²) in [5.41, 5.74) is 9.05. The molecule has 2 N–H and O–H groups in total. The summed E-state index contributed by atoms with van der Waals surface area (Å²) in [5.74, 6) is 1.64. The minimum absolute atomic E-state index is 0.768. The Morgan fingerprint density at radius 1 is 1.19 bits per heavy atom. The number of para-hydroxylation sites is 1. The van der Waals surface area contributed by atoms with Crippen LogP contribution in [-0.4, -0.2) is 18.1 Å². The van der Waals surface area contributed by atoms with Crippen molar-refractivity contribution in [1.29, 1.82) is 0 Å². The number of hydrogen-bond acceptors (Lipinski definition) is 3. The van der Waals surface area contributed by atoms with Gasteiger partial charge in [-0.1, -0.05) is 26.0 Å². The van der Waals surface area contributed by atoms with E-state index >= 15 is 0 Å². The molecular formula is C18H25N3. The van der Waals surface area contributed by atoms with E-state index in [2.05, 4.69) is 35.9 Å². The highest BCUT2D eigenvalue weighted by Crippen LogP contribution is 2.32. The van der Waals surface area contributed by atoms with Crippen LogP contribution >= 0.6 is 0 Å². The molecule has 1 aliphatic rings. The summed E-state index contributed by atoms with van der Waals surface area (Å²) >= 11 is 0. The van der Waals surface area contributed by atoms with Crippen LogP contribution in [-0.2, 0) is 0 Å². The number of anilines is 2. The third kappa shape index (κ3) is 2.82. The number of aromatic nitrogens is 1. The number of nitrogens with two attached hydrogens (primary N) is 1. The molecule has 1 atom stereocenters. The molecule has 0 spiro atoms. The van der Waals surface area contributed by atoms with Crippen LogP contribution in [0.25, 0.3) is 10.9 Å². The van der Waals surface area contributed by atoms with Crippen LogP contribution in [0.3, 0.4) is 0 Å². The second-order valence-electron chi connectivity index (χ2n) is 6.50. The molecule has 1 unspecified atom stereocenters. The van der Waals surface area contributed by atoms with Gasteiger partial charge in [0.1, 0.15) is 0 Å². The molecule has 2 heterocycles. The van der Waals surface area contributed by atoms with Gasteiger partial charge in [0.05, 0.1) is 11.2 Å². The zero-order chi connectivity index (χ0) is 14.8. The third-order valence-corrected chi connectivity index (χ3v) is 4.84. The number of nitrogen functional groups attached to an aromatic ring is 1. The molecule has 0 aliphatic carbocycles. The largest absolute Gasteiger partial charge is 0.397 e. The van der Waals surface area contributed by atoms with Gasteiger partial charge in [0.25, 0.3) is 0 Å². The normalized spacial score (nSPS) is 20.0. The molecule has 0 bridgehead atoms. The van der Waals surface area contributed by atoms with Crippen molar-refractivity contribution in [3.8, 4) is 0 Å². The predicted octanol–water partition coefficient (Wildman–Crippen LogP) is 4.08. The molecule has 1 saturated heterocycles. The summed E-state index contributed by atoms with van der Waals surface area (Å²) < 4.78 is 0. The quantitative estimate of drug-likeness (QED) is 0.844. The average molecular weight is 283 g/mol. The van der Waals surface area contributed by atoms with Gasteiger partial charge in [-0.3, -0.25) is 4.98 Å². The Kier molecular flexibility index (Phi) is 4.00. The van der Waals surface area contributed by atoms with Crippen LogP contribution < -0.4 is 10.6 Å². The molecule has 112 valence electrons. The lowest BCUT2D eigenvalue weighted by molar-refractivity contribution is 0.351. The predicted molar refractivity (Wildman–Crippen MR) is 90.5 cm³/mol. The van der Waals surface area contributed by atoms with E-state index in [-0.39, 0.29) is 0 Å². The number of pyridine rings is 1. The summed E-state index contributed by atoms with van der Waals surface area (Å²) in [4.78, 5) is 6.97. The summed E-state index contributed by atoms with van der Waals surface area (Å²) in [6.45, 7) is 6.97. The van der Waals surface area contributed by atoms with E-state index in [9.17, 15) is 0 Å². The summed E-state index contributed by atoms with van der Waals surface area (Å²) in [6.07, 6.45) is 5.79. The van der Waals surface area contributed by atoms with Crippen molar-refractivity contribution in [3.63, 3.8) is 0 Å². The zero-order valence-electron chi connectivity index (χ0n) is 13.0. The first kappa shape index (κ1) is 14.2. The van der Waals surface area contributed by atoms with Crippen LogP contribution in [0.1, 0.15) is 33.1 Å². The second kappa shape index (κ2) is 5.92. The lowest BCUT2D eigenvalue weighted by Gasteiger charge is -2.25. The van der Waals surface area contributed by atoms with E-state index in [1.54, 1.807) is 0 Å². The maximum Gasteiger partial charge on any atom is 0.0951 e. The molecule has 0 radical (unpaired) electrons. The zero-order valence-corrected chi connectivity index (χ0v) is 13.0. The van der Waals surface area contributed by atoms with Crippen molar-refractivity contribution >= 4 is 22.3 Å². The Bertz CT molecular complexity index is 621. The lowest BCUT2D eigenvalue weighted by Crippen LogP contribution is -2.24. The first-order valence-electron chi connectivity index (χ1n) is 8.05. The van der Waals surface area contributed by atoms with E-state index in [1.165, 1.54) is 30.3 Å². The highest BCUT2D eigenvalue weighted by atomic mass is 15.1. The average Bonchev–Trinajstić information content (AvgIpc) is 2.73. The van der Waals surface area contributed by atoms with E-state index < -0.39 is 0 Å². The van der Waals surface area contributed by atoms with E-state index in [4.69, 9.17) is 5.73 Å². The highest BCUT2D eigenvalue weighted by molar-refractivity contribution is 5.98. The fourth-order valence-electron chi connectivity index (χ4n) is 3.49. The second-order valence-corrected chi connectivity index (χ2v) is 6.50. The number of fused-ring (bicyclic) bond motifs is 1. The lowest BCUT2D eigenvalue weighted by atomic mass is 9.89. The van der Waals surface area contributed by atoms with Crippen LogP contribution in [0.15, 0.2) is 30.5 Å².